The number of benzene rings is 3. The highest BCUT2D eigenvalue weighted by molar-refractivity contribution is 6.01. The predicted octanol–water partition coefficient (Wildman–Crippen LogP) is 3.59. The lowest BCUT2D eigenvalue weighted by Gasteiger charge is -2.07. The fraction of sp³-hybridized carbons (Fsp3) is 0.0800. The number of carbonyl (C=O) groups is 2. The molecule has 1 aromatic heterocycles. The molecule has 154 valence electrons. The lowest BCUT2D eigenvalue weighted by molar-refractivity contribution is -0.120. The third kappa shape index (κ3) is 5.05. The van der Waals surface area contributed by atoms with E-state index in [1.54, 1.807) is 10.9 Å². The number of nitrogens with zero attached hydrogens (tertiary/aromatic N) is 2. The van der Waals surface area contributed by atoms with Gasteiger partial charge >= 0.3 is 0 Å². The number of aromatic nitrogens is 2. The minimum absolute atomic E-state index is 0.115. The number of rotatable bonds is 7. The van der Waals surface area contributed by atoms with Crippen molar-refractivity contribution in [3.05, 3.63) is 108 Å². The second-order valence-electron chi connectivity index (χ2n) is 6.98. The van der Waals surface area contributed by atoms with E-state index >= 15 is 0 Å². The molecular formula is C25H22N4O2. The largest absolute Gasteiger partial charge is 0.350 e. The van der Waals surface area contributed by atoms with Crippen molar-refractivity contribution in [1.29, 1.82) is 0 Å². The van der Waals surface area contributed by atoms with Gasteiger partial charge in [-0.25, -0.2) is 4.68 Å². The van der Waals surface area contributed by atoms with Gasteiger partial charge in [0.25, 0.3) is 5.91 Å². The van der Waals surface area contributed by atoms with Gasteiger partial charge in [-0.1, -0.05) is 78.9 Å². The van der Waals surface area contributed by atoms with Gasteiger partial charge in [0.15, 0.2) is 0 Å². The molecule has 0 aliphatic rings. The zero-order valence-corrected chi connectivity index (χ0v) is 16.9. The molecule has 4 aromatic rings. The average Bonchev–Trinajstić information content (AvgIpc) is 3.29. The number of carbonyl (C=O) groups excluding carboxylic acids is 2. The van der Waals surface area contributed by atoms with E-state index in [4.69, 9.17) is 0 Å². The van der Waals surface area contributed by atoms with Crippen molar-refractivity contribution in [2.75, 3.05) is 6.54 Å². The summed E-state index contributed by atoms with van der Waals surface area (Å²) >= 11 is 0. The Hall–Kier alpha value is -4.19. The van der Waals surface area contributed by atoms with Gasteiger partial charge in [-0.2, -0.15) is 5.10 Å². The summed E-state index contributed by atoms with van der Waals surface area (Å²) in [6, 6.07) is 28.7. The van der Waals surface area contributed by atoms with Crippen LogP contribution in [0, 0.1) is 0 Å². The van der Waals surface area contributed by atoms with Crippen molar-refractivity contribution >= 4 is 11.8 Å². The average molecular weight is 410 g/mol. The van der Waals surface area contributed by atoms with Gasteiger partial charge in [0.2, 0.25) is 5.91 Å². The molecule has 0 spiro atoms. The van der Waals surface area contributed by atoms with Crippen LogP contribution in [0.5, 0.6) is 0 Å². The Morgan fingerprint density at radius 1 is 0.774 bits per heavy atom. The van der Waals surface area contributed by atoms with Gasteiger partial charge in [0.05, 0.1) is 17.8 Å². The molecule has 0 bridgehead atoms. The monoisotopic (exact) mass is 410 g/mol. The van der Waals surface area contributed by atoms with E-state index in [0.29, 0.717) is 17.8 Å². The molecule has 0 atom stereocenters. The molecule has 0 aliphatic heterocycles. The van der Waals surface area contributed by atoms with Gasteiger partial charge < -0.3 is 10.6 Å². The smallest absolute Gasteiger partial charge is 0.255 e. The van der Waals surface area contributed by atoms with E-state index in [1.165, 1.54) is 0 Å². The minimum Gasteiger partial charge on any atom is -0.350 e. The van der Waals surface area contributed by atoms with Crippen molar-refractivity contribution in [1.82, 2.24) is 20.4 Å². The van der Waals surface area contributed by atoms with Crippen LogP contribution in [0.3, 0.4) is 0 Å². The Kier molecular flexibility index (Phi) is 6.18. The molecule has 0 radical (unpaired) electrons. The zero-order valence-electron chi connectivity index (χ0n) is 16.9. The highest BCUT2D eigenvalue weighted by Gasteiger charge is 2.19. The minimum atomic E-state index is -0.351. The first-order valence-electron chi connectivity index (χ1n) is 10.00. The number of nitrogens with one attached hydrogen (secondary N) is 2. The molecule has 0 unspecified atom stereocenters. The Bertz CT molecular complexity index is 1160. The molecule has 0 saturated heterocycles. The highest BCUT2D eigenvalue weighted by atomic mass is 16.2. The van der Waals surface area contributed by atoms with Gasteiger partial charge in [-0.3, -0.25) is 9.59 Å². The summed E-state index contributed by atoms with van der Waals surface area (Å²) in [5.74, 6) is -0.607. The molecule has 1 heterocycles. The Morgan fingerprint density at radius 2 is 1.39 bits per heavy atom. The molecule has 6 heteroatoms. The van der Waals surface area contributed by atoms with E-state index in [9.17, 15) is 9.59 Å². The number of hydrogen-bond donors (Lipinski definition) is 2. The van der Waals surface area contributed by atoms with Gasteiger partial charge in [-0.15, -0.1) is 0 Å². The van der Waals surface area contributed by atoms with Gasteiger partial charge in [-0.05, 0) is 17.7 Å². The van der Waals surface area contributed by atoms with Crippen molar-refractivity contribution in [2.24, 2.45) is 0 Å². The number of amides is 2. The van der Waals surface area contributed by atoms with Crippen LogP contribution in [0.1, 0.15) is 15.9 Å². The standard InChI is InChI=1S/C25H22N4O2/c30-23(26-16-19-10-4-1-5-11-19)17-27-25(31)22-18-29(21-14-8-3-9-15-21)28-24(22)20-12-6-2-7-13-20/h1-15,18H,16-17H2,(H,26,30)(H,27,31). The van der Waals surface area contributed by atoms with Crippen molar-refractivity contribution in [2.45, 2.75) is 6.54 Å². The Labute approximate surface area is 180 Å². The first-order valence-corrected chi connectivity index (χ1v) is 10.00. The van der Waals surface area contributed by atoms with Crippen LogP contribution >= 0.6 is 0 Å². The number of hydrogen-bond acceptors (Lipinski definition) is 3. The highest BCUT2D eigenvalue weighted by Crippen LogP contribution is 2.23. The van der Waals surface area contributed by atoms with E-state index in [0.717, 1.165) is 16.8 Å². The normalized spacial score (nSPS) is 10.5. The third-order valence-corrected chi connectivity index (χ3v) is 4.77. The molecule has 3 aromatic carbocycles. The Morgan fingerprint density at radius 3 is 2.06 bits per heavy atom. The SMILES string of the molecule is O=C(CNC(=O)c1cn(-c2ccccc2)nc1-c1ccccc1)NCc1ccccc1. The van der Waals surface area contributed by atoms with Crippen LogP contribution in [0.2, 0.25) is 0 Å². The van der Waals surface area contributed by atoms with Gasteiger partial charge in [0, 0.05) is 18.3 Å². The molecule has 2 amide bonds. The summed E-state index contributed by atoms with van der Waals surface area (Å²) in [7, 11) is 0. The first kappa shape index (κ1) is 20.1. The van der Waals surface area contributed by atoms with E-state index in [1.807, 2.05) is 91.0 Å². The summed E-state index contributed by atoms with van der Waals surface area (Å²) in [6.45, 7) is 0.299. The molecule has 4 rings (SSSR count). The fourth-order valence-corrected chi connectivity index (χ4v) is 3.18. The summed E-state index contributed by atoms with van der Waals surface area (Å²) in [6.07, 6.45) is 1.69. The summed E-state index contributed by atoms with van der Waals surface area (Å²) in [5.41, 5.74) is 3.64. The predicted molar refractivity (Wildman–Crippen MR) is 120 cm³/mol. The molecule has 0 saturated carbocycles. The lowest BCUT2D eigenvalue weighted by atomic mass is 10.1. The van der Waals surface area contributed by atoms with Crippen LogP contribution < -0.4 is 10.6 Å². The molecule has 2 N–H and O–H groups in total. The van der Waals surface area contributed by atoms with E-state index in [2.05, 4.69) is 15.7 Å². The quantitative estimate of drug-likeness (QED) is 0.489. The Balaban J connectivity index is 1.49. The maximum atomic E-state index is 12.9. The van der Waals surface area contributed by atoms with E-state index < -0.39 is 0 Å². The van der Waals surface area contributed by atoms with Gasteiger partial charge in [0.1, 0.15) is 5.69 Å². The zero-order chi connectivity index (χ0) is 21.5. The molecule has 31 heavy (non-hydrogen) atoms. The van der Waals surface area contributed by atoms with Crippen LogP contribution in [0.15, 0.2) is 97.2 Å². The fourth-order valence-electron chi connectivity index (χ4n) is 3.18. The van der Waals surface area contributed by atoms with E-state index in [-0.39, 0.29) is 18.4 Å². The topological polar surface area (TPSA) is 76.0 Å². The third-order valence-electron chi connectivity index (χ3n) is 4.77. The molecule has 0 fully saturated rings. The van der Waals surface area contributed by atoms with Crippen LogP contribution in [0.4, 0.5) is 0 Å². The van der Waals surface area contributed by atoms with Crippen LogP contribution in [-0.2, 0) is 11.3 Å². The molecular weight excluding hydrogens is 388 g/mol. The molecule has 6 nitrogen and oxygen atoms in total. The van der Waals surface area contributed by atoms with Crippen molar-refractivity contribution in [3.63, 3.8) is 0 Å². The second kappa shape index (κ2) is 9.54. The maximum Gasteiger partial charge on any atom is 0.255 e. The number of para-hydroxylation sites is 1. The molecule has 0 aliphatic carbocycles. The van der Waals surface area contributed by atoms with Crippen LogP contribution in [0.25, 0.3) is 16.9 Å². The first-order chi connectivity index (χ1) is 15.2. The summed E-state index contributed by atoms with van der Waals surface area (Å²) in [5, 5.41) is 10.1. The maximum absolute atomic E-state index is 12.9. The second-order valence-corrected chi connectivity index (χ2v) is 6.98. The van der Waals surface area contributed by atoms with Crippen molar-refractivity contribution < 1.29 is 9.59 Å². The summed E-state index contributed by atoms with van der Waals surface area (Å²) in [4.78, 5) is 25.1. The van der Waals surface area contributed by atoms with Crippen LogP contribution in [-0.4, -0.2) is 28.1 Å². The van der Waals surface area contributed by atoms with Crippen molar-refractivity contribution in [3.8, 4) is 16.9 Å². The lowest BCUT2D eigenvalue weighted by Crippen LogP contribution is -2.36. The summed E-state index contributed by atoms with van der Waals surface area (Å²) < 4.78 is 1.67.